The van der Waals surface area contributed by atoms with Gasteiger partial charge in [-0.05, 0) is 38.8 Å². The molecule has 1 aromatic carbocycles. The number of rotatable bonds is 4. The Bertz CT molecular complexity index is 752. The molecular weight excluding hydrogens is 314 g/mol. The number of piperazine rings is 1. The van der Waals surface area contributed by atoms with Crippen LogP contribution in [-0.2, 0) is 11.2 Å². The Labute approximate surface area is 148 Å². The first-order valence-corrected chi connectivity index (χ1v) is 9.17. The lowest BCUT2D eigenvalue weighted by molar-refractivity contribution is -0.135. The van der Waals surface area contributed by atoms with Crippen molar-refractivity contribution in [1.82, 2.24) is 14.8 Å². The fourth-order valence-electron chi connectivity index (χ4n) is 3.67. The fraction of sp³-hybridized carbons (Fsp3) is 0.500. The molecule has 1 saturated heterocycles. The second-order valence-corrected chi connectivity index (χ2v) is 7.23. The van der Waals surface area contributed by atoms with E-state index in [9.17, 15) is 4.79 Å². The normalized spacial score (nSPS) is 21.5. The van der Waals surface area contributed by atoms with Gasteiger partial charge in [0.05, 0.1) is 12.1 Å². The second-order valence-electron chi connectivity index (χ2n) is 7.23. The van der Waals surface area contributed by atoms with Crippen molar-refractivity contribution in [2.24, 2.45) is 0 Å². The third kappa shape index (κ3) is 3.47. The zero-order valence-electron chi connectivity index (χ0n) is 14.9. The Balaban J connectivity index is 1.43. The number of nitrogens with zero attached hydrogens (tertiary/aromatic N) is 3. The van der Waals surface area contributed by atoms with E-state index in [1.165, 1.54) is 12.8 Å². The maximum Gasteiger partial charge on any atom is 0.229 e. The number of carbonyl (C=O) groups excluding carboxylic acids is 1. The molecule has 132 valence electrons. The summed E-state index contributed by atoms with van der Waals surface area (Å²) in [5, 5.41) is 0. The number of benzene rings is 1. The second kappa shape index (κ2) is 6.64. The van der Waals surface area contributed by atoms with E-state index >= 15 is 0 Å². The van der Waals surface area contributed by atoms with Crippen molar-refractivity contribution in [2.75, 3.05) is 19.6 Å². The molecular formula is C20H25N3O2. The van der Waals surface area contributed by atoms with Gasteiger partial charge in [-0.15, -0.1) is 0 Å². The summed E-state index contributed by atoms with van der Waals surface area (Å²) in [5.74, 6) is 1.47. The summed E-state index contributed by atoms with van der Waals surface area (Å²) in [6.45, 7) is 6.84. The van der Waals surface area contributed by atoms with Crippen LogP contribution < -0.4 is 0 Å². The van der Waals surface area contributed by atoms with E-state index in [0.29, 0.717) is 12.3 Å². The molecule has 5 heteroatoms. The summed E-state index contributed by atoms with van der Waals surface area (Å²) in [7, 11) is 0. The van der Waals surface area contributed by atoms with E-state index in [0.717, 1.165) is 42.7 Å². The third-order valence-electron chi connectivity index (χ3n) is 5.27. The molecule has 1 amide bonds. The predicted octanol–water partition coefficient (Wildman–Crippen LogP) is 2.89. The lowest BCUT2D eigenvalue weighted by Crippen LogP contribution is -2.54. The highest BCUT2D eigenvalue weighted by Crippen LogP contribution is 2.29. The van der Waals surface area contributed by atoms with E-state index in [1.807, 2.05) is 42.2 Å². The van der Waals surface area contributed by atoms with E-state index in [-0.39, 0.29) is 11.9 Å². The van der Waals surface area contributed by atoms with Crippen LogP contribution in [0.5, 0.6) is 0 Å². The van der Waals surface area contributed by atoms with Crippen LogP contribution in [0.25, 0.3) is 11.5 Å². The fourth-order valence-corrected chi connectivity index (χ4v) is 3.67. The van der Waals surface area contributed by atoms with Crippen molar-refractivity contribution >= 4 is 5.91 Å². The van der Waals surface area contributed by atoms with Gasteiger partial charge >= 0.3 is 0 Å². The zero-order valence-corrected chi connectivity index (χ0v) is 14.9. The molecule has 1 saturated carbocycles. The predicted molar refractivity (Wildman–Crippen MR) is 96.2 cm³/mol. The molecule has 2 aliphatic rings. The van der Waals surface area contributed by atoms with Gasteiger partial charge in [0.15, 0.2) is 0 Å². The Kier molecular flexibility index (Phi) is 4.34. The number of hydrogen-bond acceptors (Lipinski definition) is 4. The number of hydrogen-bond donors (Lipinski definition) is 0. The van der Waals surface area contributed by atoms with Crippen LogP contribution >= 0.6 is 0 Å². The molecule has 2 aromatic rings. The third-order valence-corrected chi connectivity index (χ3v) is 5.27. The molecule has 5 nitrogen and oxygen atoms in total. The van der Waals surface area contributed by atoms with Gasteiger partial charge in [-0.25, -0.2) is 4.98 Å². The number of carbonyl (C=O) groups is 1. The van der Waals surface area contributed by atoms with Crippen molar-refractivity contribution in [3.63, 3.8) is 0 Å². The van der Waals surface area contributed by atoms with Crippen molar-refractivity contribution in [1.29, 1.82) is 0 Å². The maximum absolute atomic E-state index is 12.8. The van der Waals surface area contributed by atoms with E-state index < -0.39 is 0 Å². The van der Waals surface area contributed by atoms with Crippen LogP contribution in [0.1, 0.15) is 31.2 Å². The lowest BCUT2D eigenvalue weighted by atomic mass is 10.1. The van der Waals surface area contributed by atoms with E-state index in [1.54, 1.807) is 0 Å². The molecule has 0 spiro atoms. The van der Waals surface area contributed by atoms with Crippen molar-refractivity contribution in [2.45, 2.75) is 45.2 Å². The summed E-state index contributed by atoms with van der Waals surface area (Å²) < 4.78 is 5.78. The van der Waals surface area contributed by atoms with Crippen molar-refractivity contribution in [3.8, 4) is 11.5 Å². The highest BCUT2D eigenvalue weighted by atomic mass is 16.4. The molecule has 0 radical (unpaired) electrons. The molecule has 1 aromatic heterocycles. The largest absolute Gasteiger partial charge is 0.441 e. The van der Waals surface area contributed by atoms with Gasteiger partial charge in [-0.1, -0.05) is 18.2 Å². The number of aromatic nitrogens is 1. The highest BCUT2D eigenvalue weighted by molar-refractivity contribution is 5.79. The van der Waals surface area contributed by atoms with Gasteiger partial charge in [0.2, 0.25) is 11.8 Å². The van der Waals surface area contributed by atoms with Gasteiger partial charge in [0.25, 0.3) is 0 Å². The molecule has 0 N–H and O–H groups in total. The van der Waals surface area contributed by atoms with Crippen molar-refractivity contribution in [3.05, 3.63) is 41.8 Å². The minimum atomic E-state index is 0.152. The summed E-state index contributed by atoms with van der Waals surface area (Å²) in [4.78, 5) is 21.9. The van der Waals surface area contributed by atoms with E-state index in [4.69, 9.17) is 4.42 Å². The number of oxazole rings is 1. The summed E-state index contributed by atoms with van der Waals surface area (Å²) in [6, 6.07) is 10.9. The molecule has 1 atom stereocenters. The molecule has 4 rings (SSSR count). The van der Waals surface area contributed by atoms with Crippen LogP contribution in [-0.4, -0.2) is 52.4 Å². The Morgan fingerprint density at radius 2 is 2.00 bits per heavy atom. The Morgan fingerprint density at radius 1 is 1.24 bits per heavy atom. The molecule has 0 bridgehead atoms. The summed E-state index contributed by atoms with van der Waals surface area (Å²) in [6.07, 6.45) is 2.96. The Hall–Kier alpha value is -2.14. The number of aryl methyl sites for hydroxylation is 1. The van der Waals surface area contributed by atoms with Gasteiger partial charge in [0, 0.05) is 37.3 Å². The first-order chi connectivity index (χ1) is 12.1. The van der Waals surface area contributed by atoms with Crippen LogP contribution in [0.4, 0.5) is 0 Å². The molecule has 1 aliphatic heterocycles. The lowest BCUT2D eigenvalue weighted by Gasteiger charge is -2.40. The van der Waals surface area contributed by atoms with Crippen LogP contribution in [0.15, 0.2) is 34.7 Å². The summed E-state index contributed by atoms with van der Waals surface area (Å²) in [5.41, 5.74) is 1.69. The SMILES string of the molecule is Cc1oc(-c2ccccc2)nc1CC(=O)N1CCN(C2CC2)CC1C. The van der Waals surface area contributed by atoms with Crippen LogP contribution in [0.3, 0.4) is 0 Å². The molecule has 2 heterocycles. The smallest absolute Gasteiger partial charge is 0.229 e. The van der Waals surface area contributed by atoms with Crippen molar-refractivity contribution < 1.29 is 9.21 Å². The topological polar surface area (TPSA) is 49.6 Å². The van der Waals surface area contributed by atoms with Gasteiger partial charge in [-0.3, -0.25) is 9.69 Å². The highest BCUT2D eigenvalue weighted by Gasteiger charge is 2.35. The Morgan fingerprint density at radius 3 is 2.68 bits per heavy atom. The average molecular weight is 339 g/mol. The number of amides is 1. The average Bonchev–Trinajstić information content (AvgIpc) is 3.40. The molecule has 1 aliphatic carbocycles. The van der Waals surface area contributed by atoms with E-state index in [2.05, 4.69) is 16.8 Å². The minimum absolute atomic E-state index is 0.152. The van der Waals surface area contributed by atoms with Gasteiger partial charge in [0.1, 0.15) is 5.76 Å². The molecule has 25 heavy (non-hydrogen) atoms. The first kappa shape index (κ1) is 16.3. The van der Waals surface area contributed by atoms with Gasteiger partial charge < -0.3 is 9.32 Å². The first-order valence-electron chi connectivity index (χ1n) is 9.17. The molecule has 1 unspecified atom stereocenters. The van der Waals surface area contributed by atoms with Crippen LogP contribution in [0, 0.1) is 6.92 Å². The standard InChI is InChI=1S/C20H25N3O2/c1-14-13-22(17-8-9-17)10-11-23(14)19(24)12-18-15(2)25-20(21-18)16-6-4-3-5-7-16/h3-7,14,17H,8-13H2,1-2H3. The summed E-state index contributed by atoms with van der Waals surface area (Å²) >= 11 is 0. The molecule has 2 fully saturated rings. The maximum atomic E-state index is 12.8. The quantitative estimate of drug-likeness (QED) is 0.859. The zero-order chi connectivity index (χ0) is 17.4. The van der Waals surface area contributed by atoms with Gasteiger partial charge in [-0.2, -0.15) is 0 Å². The monoisotopic (exact) mass is 339 g/mol. The minimum Gasteiger partial charge on any atom is -0.441 e. The van der Waals surface area contributed by atoms with Crippen LogP contribution in [0.2, 0.25) is 0 Å².